The number of rotatable bonds is 2. The molecule has 0 aliphatic rings. The standard InChI is InChI=1S/C12H14N2.ClH/c1-3-11(13)10-8-14(2)12-7-5-4-6-9(10)12;/h3-8,11H,1,13H2,2H3;1H/t11-;/m1./s1. The minimum absolute atomic E-state index is 0. The van der Waals surface area contributed by atoms with Gasteiger partial charge in [-0.3, -0.25) is 0 Å². The number of para-hydroxylation sites is 1. The number of nitrogens with two attached hydrogens (primary N) is 1. The van der Waals surface area contributed by atoms with E-state index >= 15 is 0 Å². The minimum atomic E-state index is -0.0823. The van der Waals surface area contributed by atoms with Crippen molar-refractivity contribution in [3.8, 4) is 0 Å². The van der Waals surface area contributed by atoms with Gasteiger partial charge in [0.2, 0.25) is 0 Å². The van der Waals surface area contributed by atoms with E-state index in [1.54, 1.807) is 6.08 Å². The first-order valence-corrected chi connectivity index (χ1v) is 4.66. The predicted molar refractivity (Wildman–Crippen MR) is 67.3 cm³/mol. The Bertz CT molecular complexity index is 473. The molecule has 2 aromatic rings. The third-order valence-corrected chi connectivity index (χ3v) is 2.54. The lowest BCUT2D eigenvalue weighted by Crippen LogP contribution is -2.05. The van der Waals surface area contributed by atoms with Crippen LogP contribution in [0.25, 0.3) is 10.9 Å². The zero-order valence-electron chi connectivity index (χ0n) is 8.68. The average Bonchev–Trinajstić information content (AvgIpc) is 2.56. The molecule has 0 bridgehead atoms. The number of benzene rings is 1. The molecular formula is C12H15ClN2. The second-order valence-electron chi connectivity index (χ2n) is 3.47. The van der Waals surface area contributed by atoms with Gasteiger partial charge in [-0.15, -0.1) is 19.0 Å². The van der Waals surface area contributed by atoms with Crippen molar-refractivity contribution in [1.29, 1.82) is 0 Å². The van der Waals surface area contributed by atoms with Crippen molar-refractivity contribution in [3.05, 3.63) is 48.7 Å². The molecule has 0 aliphatic carbocycles. The third-order valence-electron chi connectivity index (χ3n) is 2.54. The molecule has 0 amide bonds. The molecule has 0 saturated heterocycles. The molecule has 0 fully saturated rings. The molecule has 0 unspecified atom stereocenters. The van der Waals surface area contributed by atoms with E-state index in [-0.39, 0.29) is 18.4 Å². The zero-order chi connectivity index (χ0) is 10.1. The Labute approximate surface area is 95.8 Å². The van der Waals surface area contributed by atoms with Crippen molar-refractivity contribution in [2.75, 3.05) is 0 Å². The van der Waals surface area contributed by atoms with Crippen LogP contribution in [0.3, 0.4) is 0 Å². The first kappa shape index (κ1) is 11.8. The van der Waals surface area contributed by atoms with Crippen LogP contribution in [0, 0.1) is 0 Å². The normalized spacial score (nSPS) is 12.1. The van der Waals surface area contributed by atoms with Crippen LogP contribution in [-0.4, -0.2) is 4.57 Å². The van der Waals surface area contributed by atoms with Crippen molar-refractivity contribution in [2.45, 2.75) is 6.04 Å². The van der Waals surface area contributed by atoms with Gasteiger partial charge in [-0.2, -0.15) is 0 Å². The summed E-state index contributed by atoms with van der Waals surface area (Å²) in [4.78, 5) is 0. The zero-order valence-corrected chi connectivity index (χ0v) is 9.50. The lowest BCUT2D eigenvalue weighted by molar-refractivity contribution is 0.893. The molecule has 3 heteroatoms. The van der Waals surface area contributed by atoms with Gasteiger partial charge in [-0.25, -0.2) is 0 Å². The molecule has 0 radical (unpaired) electrons. The van der Waals surface area contributed by atoms with E-state index in [9.17, 15) is 0 Å². The van der Waals surface area contributed by atoms with Gasteiger partial charge in [0.1, 0.15) is 0 Å². The number of aromatic nitrogens is 1. The van der Waals surface area contributed by atoms with E-state index in [0.29, 0.717) is 0 Å². The molecule has 2 N–H and O–H groups in total. The Hall–Kier alpha value is -1.25. The second kappa shape index (κ2) is 4.51. The van der Waals surface area contributed by atoms with Crippen LogP contribution >= 0.6 is 12.4 Å². The van der Waals surface area contributed by atoms with Gasteiger partial charge in [0, 0.05) is 30.2 Å². The number of halogens is 1. The summed E-state index contributed by atoms with van der Waals surface area (Å²) in [5, 5.41) is 1.21. The van der Waals surface area contributed by atoms with Crippen molar-refractivity contribution in [3.63, 3.8) is 0 Å². The van der Waals surface area contributed by atoms with Crippen molar-refractivity contribution in [2.24, 2.45) is 12.8 Å². The van der Waals surface area contributed by atoms with E-state index in [1.165, 1.54) is 10.9 Å². The summed E-state index contributed by atoms with van der Waals surface area (Å²) in [6.45, 7) is 3.72. The Kier molecular flexibility index (Phi) is 3.56. The van der Waals surface area contributed by atoms with Crippen LogP contribution in [0.2, 0.25) is 0 Å². The highest BCUT2D eigenvalue weighted by atomic mass is 35.5. The lowest BCUT2D eigenvalue weighted by Gasteiger charge is -2.02. The summed E-state index contributed by atoms with van der Waals surface area (Å²) in [6, 6.07) is 8.16. The van der Waals surface area contributed by atoms with Crippen LogP contribution in [0.5, 0.6) is 0 Å². The van der Waals surface area contributed by atoms with E-state index in [4.69, 9.17) is 5.73 Å². The maximum atomic E-state index is 5.94. The highest BCUT2D eigenvalue weighted by Crippen LogP contribution is 2.24. The number of aryl methyl sites for hydroxylation is 1. The molecule has 2 nitrogen and oxygen atoms in total. The Morgan fingerprint density at radius 2 is 2.07 bits per heavy atom. The summed E-state index contributed by atoms with van der Waals surface area (Å²) in [5.41, 5.74) is 8.29. The van der Waals surface area contributed by atoms with Gasteiger partial charge >= 0.3 is 0 Å². The molecule has 80 valence electrons. The van der Waals surface area contributed by atoms with Crippen molar-refractivity contribution < 1.29 is 0 Å². The summed E-state index contributed by atoms with van der Waals surface area (Å²) in [5.74, 6) is 0. The summed E-state index contributed by atoms with van der Waals surface area (Å²) in [7, 11) is 2.03. The van der Waals surface area contributed by atoms with E-state index < -0.39 is 0 Å². The Balaban J connectivity index is 0.00000112. The highest BCUT2D eigenvalue weighted by molar-refractivity contribution is 5.85. The quantitative estimate of drug-likeness (QED) is 0.779. The number of nitrogens with zero attached hydrogens (tertiary/aromatic N) is 1. The highest BCUT2D eigenvalue weighted by Gasteiger charge is 2.09. The molecule has 0 spiro atoms. The molecule has 0 saturated carbocycles. The third kappa shape index (κ3) is 1.91. The van der Waals surface area contributed by atoms with E-state index in [2.05, 4.69) is 29.5 Å². The van der Waals surface area contributed by atoms with Gasteiger partial charge in [-0.05, 0) is 11.6 Å². The second-order valence-corrected chi connectivity index (χ2v) is 3.47. The largest absolute Gasteiger partial charge is 0.350 e. The van der Waals surface area contributed by atoms with Crippen molar-refractivity contribution >= 4 is 23.3 Å². The Morgan fingerprint density at radius 3 is 2.73 bits per heavy atom. The SMILES string of the molecule is C=C[C@@H](N)c1cn(C)c2ccccc12.Cl. The van der Waals surface area contributed by atoms with Gasteiger partial charge in [-0.1, -0.05) is 24.3 Å². The van der Waals surface area contributed by atoms with E-state index in [1.807, 2.05) is 19.2 Å². The van der Waals surface area contributed by atoms with Gasteiger partial charge in [0.05, 0.1) is 0 Å². The smallest absolute Gasteiger partial charge is 0.0499 e. The van der Waals surface area contributed by atoms with Gasteiger partial charge < -0.3 is 10.3 Å². The summed E-state index contributed by atoms with van der Waals surface area (Å²) < 4.78 is 2.09. The lowest BCUT2D eigenvalue weighted by atomic mass is 10.1. The van der Waals surface area contributed by atoms with Crippen LogP contribution in [0.1, 0.15) is 11.6 Å². The minimum Gasteiger partial charge on any atom is -0.350 e. The maximum Gasteiger partial charge on any atom is 0.0499 e. The molecular weight excluding hydrogens is 208 g/mol. The number of hydrogen-bond donors (Lipinski definition) is 1. The molecule has 1 atom stereocenters. The fourth-order valence-corrected chi connectivity index (χ4v) is 1.77. The molecule has 0 aliphatic heterocycles. The number of fused-ring (bicyclic) bond motifs is 1. The Morgan fingerprint density at radius 1 is 1.40 bits per heavy atom. The van der Waals surface area contributed by atoms with Crippen LogP contribution < -0.4 is 5.73 Å². The molecule has 1 aromatic heterocycles. The summed E-state index contributed by atoms with van der Waals surface area (Å²) >= 11 is 0. The van der Waals surface area contributed by atoms with Crippen LogP contribution in [0.4, 0.5) is 0 Å². The first-order chi connectivity index (χ1) is 6.74. The van der Waals surface area contributed by atoms with Crippen LogP contribution in [0.15, 0.2) is 43.1 Å². The molecule has 2 rings (SSSR count). The first-order valence-electron chi connectivity index (χ1n) is 4.66. The fourth-order valence-electron chi connectivity index (χ4n) is 1.77. The molecule has 1 aromatic carbocycles. The summed E-state index contributed by atoms with van der Waals surface area (Å²) in [6.07, 6.45) is 3.83. The van der Waals surface area contributed by atoms with Gasteiger partial charge in [0.15, 0.2) is 0 Å². The van der Waals surface area contributed by atoms with Crippen LogP contribution in [-0.2, 0) is 7.05 Å². The number of hydrogen-bond acceptors (Lipinski definition) is 1. The average molecular weight is 223 g/mol. The monoisotopic (exact) mass is 222 g/mol. The molecule has 15 heavy (non-hydrogen) atoms. The fraction of sp³-hybridized carbons (Fsp3) is 0.167. The van der Waals surface area contributed by atoms with Gasteiger partial charge in [0.25, 0.3) is 0 Å². The molecule has 1 heterocycles. The predicted octanol–water partition coefficient (Wildman–Crippen LogP) is 2.79. The maximum absolute atomic E-state index is 5.94. The van der Waals surface area contributed by atoms with Crippen molar-refractivity contribution in [1.82, 2.24) is 4.57 Å². The van der Waals surface area contributed by atoms with E-state index in [0.717, 1.165) is 5.56 Å². The topological polar surface area (TPSA) is 30.9 Å².